The van der Waals surface area contributed by atoms with E-state index in [1.807, 2.05) is 32.0 Å². The molecule has 0 aliphatic rings. The highest BCUT2D eigenvalue weighted by Crippen LogP contribution is 2.11. The van der Waals surface area contributed by atoms with E-state index in [0.29, 0.717) is 12.2 Å². The number of benzene rings is 1. The minimum Gasteiger partial charge on any atom is -0.299 e. The molecule has 0 aliphatic carbocycles. The number of Topliss-reactive ketones (excluding diaryl/α,β-unsaturated/α-hetero) is 1. The lowest BCUT2D eigenvalue weighted by molar-refractivity contribution is -0.122. The van der Waals surface area contributed by atoms with Crippen molar-refractivity contribution < 1.29 is 4.79 Å². The number of hydrogen-bond acceptors (Lipinski definition) is 1. The van der Waals surface area contributed by atoms with Crippen molar-refractivity contribution in [2.24, 2.45) is 5.92 Å². The minimum absolute atomic E-state index is 0.209. The van der Waals surface area contributed by atoms with Crippen LogP contribution < -0.4 is 0 Å². The standard InChI is InChI=1S/C13H18O/c1-3-13(14)11(2)9-10-12-7-5-4-6-8-12/h4-8,11H,3,9-10H2,1-2H3. The van der Waals surface area contributed by atoms with Crippen molar-refractivity contribution in [2.45, 2.75) is 33.1 Å². The van der Waals surface area contributed by atoms with Crippen molar-refractivity contribution in [3.63, 3.8) is 0 Å². The van der Waals surface area contributed by atoms with E-state index in [1.54, 1.807) is 0 Å². The van der Waals surface area contributed by atoms with Crippen LogP contribution in [0.4, 0.5) is 0 Å². The van der Waals surface area contributed by atoms with Gasteiger partial charge in [0.05, 0.1) is 0 Å². The molecule has 0 radical (unpaired) electrons. The Labute approximate surface area is 86.1 Å². The molecule has 0 spiro atoms. The first-order valence-electron chi connectivity index (χ1n) is 5.30. The van der Waals surface area contributed by atoms with Crippen LogP contribution >= 0.6 is 0 Å². The van der Waals surface area contributed by atoms with E-state index in [0.717, 1.165) is 12.8 Å². The van der Waals surface area contributed by atoms with Crippen LogP contribution in [0.25, 0.3) is 0 Å². The minimum atomic E-state index is 0.209. The molecule has 14 heavy (non-hydrogen) atoms. The quantitative estimate of drug-likeness (QED) is 0.696. The summed E-state index contributed by atoms with van der Waals surface area (Å²) < 4.78 is 0. The van der Waals surface area contributed by atoms with Crippen LogP contribution in [0.15, 0.2) is 30.3 Å². The summed E-state index contributed by atoms with van der Waals surface area (Å²) in [5.41, 5.74) is 1.32. The average Bonchev–Trinajstić information content (AvgIpc) is 2.26. The van der Waals surface area contributed by atoms with Gasteiger partial charge in [0.25, 0.3) is 0 Å². The molecule has 0 N–H and O–H groups in total. The average molecular weight is 190 g/mol. The topological polar surface area (TPSA) is 17.1 Å². The lowest BCUT2D eigenvalue weighted by Gasteiger charge is -2.08. The smallest absolute Gasteiger partial charge is 0.135 e. The van der Waals surface area contributed by atoms with Gasteiger partial charge < -0.3 is 0 Å². The van der Waals surface area contributed by atoms with Crippen molar-refractivity contribution in [3.05, 3.63) is 35.9 Å². The highest BCUT2D eigenvalue weighted by atomic mass is 16.1. The zero-order valence-corrected chi connectivity index (χ0v) is 8.99. The first-order valence-corrected chi connectivity index (χ1v) is 5.30. The molecule has 1 nitrogen and oxygen atoms in total. The van der Waals surface area contributed by atoms with Gasteiger partial charge in [-0.15, -0.1) is 0 Å². The number of carbonyl (C=O) groups is 1. The number of ketones is 1. The van der Waals surface area contributed by atoms with Crippen molar-refractivity contribution >= 4 is 5.78 Å². The molecule has 0 saturated carbocycles. The predicted molar refractivity (Wildman–Crippen MR) is 59.2 cm³/mol. The van der Waals surface area contributed by atoms with E-state index in [1.165, 1.54) is 5.56 Å². The molecule has 1 aromatic rings. The maximum atomic E-state index is 11.3. The van der Waals surface area contributed by atoms with Gasteiger partial charge in [-0.2, -0.15) is 0 Å². The molecular weight excluding hydrogens is 172 g/mol. The Morgan fingerprint density at radius 1 is 1.29 bits per heavy atom. The maximum Gasteiger partial charge on any atom is 0.135 e. The molecule has 1 rings (SSSR count). The molecule has 0 bridgehead atoms. The number of carbonyl (C=O) groups excluding carboxylic acids is 1. The predicted octanol–water partition coefficient (Wildman–Crippen LogP) is 3.23. The third-order valence-electron chi connectivity index (χ3n) is 2.61. The van der Waals surface area contributed by atoms with Gasteiger partial charge in [0, 0.05) is 12.3 Å². The zero-order valence-electron chi connectivity index (χ0n) is 8.99. The molecule has 0 heterocycles. The third kappa shape index (κ3) is 3.33. The van der Waals surface area contributed by atoms with Crippen LogP contribution in [0.3, 0.4) is 0 Å². The van der Waals surface area contributed by atoms with E-state index in [-0.39, 0.29) is 5.92 Å². The van der Waals surface area contributed by atoms with E-state index < -0.39 is 0 Å². The molecule has 0 aliphatic heterocycles. The highest BCUT2D eigenvalue weighted by molar-refractivity contribution is 5.80. The summed E-state index contributed by atoms with van der Waals surface area (Å²) in [5, 5.41) is 0. The summed E-state index contributed by atoms with van der Waals surface area (Å²) in [6.07, 6.45) is 2.64. The monoisotopic (exact) mass is 190 g/mol. The Balaban J connectivity index is 2.38. The van der Waals surface area contributed by atoms with E-state index >= 15 is 0 Å². The van der Waals surface area contributed by atoms with Crippen LogP contribution in [0, 0.1) is 5.92 Å². The molecule has 0 saturated heterocycles. The summed E-state index contributed by atoms with van der Waals surface area (Å²) in [5.74, 6) is 0.584. The van der Waals surface area contributed by atoms with Gasteiger partial charge >= 0.3 is 0 Å². The van der Waals surface area contributed by atoms with Gasteiger partial charge in [-0.05, 0) is 18.4 Å². The van der Waals surface area contributed by atoms with Gasteiger partial charge in [-0.25, -0.2) is 0 Å². The number of aryl methyl sites for hydroxylation is 1. The second-order valence-electron chi connectivity index (χ2n) is 3.75. The van der Waals surface area contributed by atoms with E-state index in [2.05, 4.69) is 12.1 Å². The fraction of sp³-hybridized carbons (Fsp3) is 0.462. The normalized spacial score (nSPS) is 12.4. The van der Waals surface area contributed by atoms with Gasteiger partial charge in [0.1, 0.15) is 5.78 Å². The second-order valence-corrected chi connectivity index (χ2v) is 3.75. The van der Waals surface area contributed by atoms with Crippen LogP contribution in [-0.4, -0.2) is 5.78 Å². The highest BCUT2D eigenvalue weighted by Gasteiger charge is 2.09. The second kappa shape index (κ2) is 5.58. The molecular formula is C13H18O. The van der Waals surface area contributed by atoms with E-state index in [9.17, 15) is 4.79 Å². The molecule has 0 aromatic heterocycles. The van der Waals surface area contributed by atoms with Gasteiger partial charge in [0.15, 0.2) is 0 Å². The zero-order chi connectivity index (χ0) is 10.4. The van der Waals surface area contributed by atoms with Crippen molar-refractivity contribution in [1.29, 1.82) is 0 Å². The van der Waals surface area contributed by atoms with Crippen LogP contribution in [0.2, 0.25) is 0 Å². The lowest BCUT2D eigenvalue weighted by atomic mass is 9.96. The van der Waals surface area contributed by atoms with E-state index in [4.69, 9.17) is 0 Å². The maximum absolute atomic E-state index is 11.3. The molecule has 1 atom stereocenters. The van der Waals surface area contributed by atoms with Crippen LogP contribution in [0.5, 0.6) is 0 Å². The Morgan fingerprint density at radius 2 is 1.93 bits per heavy atom. The lowest BCUT2D eigenvalue weighted by Crippen LogP contribution is -2.10. The fourth-order valence-electron chi connectivity index (χ4n) is 1.54. The van der Waals surface area contributed by atoms with Gasteiger partial charge in [0.2, 0.25) is 0 Å². The number of rotatable bonds is 5. The molecule has 1 heteroatoms. The van der Waals surface area contributed by atoms with Crippen LogP contribution in [0.1, 0.15) is 32.3 Å². The Morgan fingerprint density at radius 3 is 2.50 bits per heavy atom. The van der Waals surface area contributed by atoms with Crippen molar-refractivity contribution in [1.82, 2.24) is 0 Å². The summed E-state index contributed by atoms with van der Waals surface area (Å²) >= 11 is 0. The largest absolute Gasteiger partial charge is 0.299 e. The Kier molecular flexibility index (Phi) is 4.37. The third-order valence-corrected chi connectivity index (χ3v) is 2.61. The van der Waals surface area contributed by atoms with Crippen molar-refractivity contribution in [3.8, 4) is 0 Å². The first-order chi connectivity index (χ1) is 6.74. The summed E-state index contributed by atoms with van der Waals surface area (Å²) in [6, 6.07) is 10.3. The van der Waals surface area contributed by atoms with Gasteiger partial charge in [-0.3, -0.25) is 4.79 Å². The van der Waals surface area contributed by atoms with Gasteiger partial charge in [-0.1, -0.05) is 44.2 Å². The summed E-state index contributed by atoms with van der Waals surface area (Å²) in [6.45, 7) is 3.95. The Bertz CT molecular complexity index is 277. The molecule has 1 aromatic carbocycles. The Hall–Kier alpha value is -1.11. The SMILES string of the molecule is CCC(=O)C(C)CCc1ccccc1. The molecule has 0 fully saturated rings. The first kappa shape index (κ1) is 11.0. The summed E-state index contributed by atoms with van der Waals surface area (Å²) in [4.78, 5) is 11.3. The van der Waals surface area contributed by atoms with Crippen molar-refractivity contribution in [2.75, 3.05) is 0 Å². The molecule has 76 valence electrons. The summed E-state index contributed by atoms with van der Waals surface area (Å²) in [7, 11) is 0. The fourth-order valence-corrected chi connectivity index (χ4v) is 1.54. The molecule has 1 unspecified atom stereocenters. The molecule has 0 amide bonds. The van der Waals surface area contributed by atoms with Crippen LogP contribution in [-0.2, 0) is 11.2 Å². The number of hydrogen-bond donors (Lipinski definition) is 0.